The topological polar surface area (TPSA) is 89.4 Å². The molecule has 8 heteroatoms. The monoisotopic (exact) mass is 436 g/mol. The number of nitrogens with one attached hydrogen (secondary N) is 1. The minimum Gasteiger partial charge on any atom is -0.503 e. The molecule has 2 rings (SSSR count). The first-order chi connectivity index (χ1) is 13.0. The third-order valence-corrected chi connectivity index (χ3v) is 4.14. The van der Waals surface area contributed by atoms with Gasteiger partial charge < -0.3 is 19.3 Å². The number of hydrazone groups is 1. The van der Waals surface area contributed by atoms with Crippen LogP contribution in [0.25, 0.3) is 0 Å². The molecule has 1 amide bonds. The first-order valence-corrected chi connectivity index (χ1v) is 9.00. The van der Waals surface area contributed by atoms with E-state index < -0.39 is 5.91 Å². The predicted molar refractivity (Wildman–Crippen MR) is 106 cm³/mol. The second kappa shape index (κ2) is 9.82. The smallest absolute Gasteiger partial charge is 0.271 e. The fraction of sp³-hybridized carbons (Fsp3) is 0.263. The number of halogens is 1. The summed E-state index contributed by atoms with van der Waals surface area (Å²) in [7, 11) is 2.97. The number of phenolic OH excluding ortho intramolecular Hbond substituents is 1. The molecule has 0 spiro atoms. The number of methoxy groups -OCH3 is 2. The number of hydrogen-bond acceptors (Lipinski definition) is 6. The van der Waals surface area contributed by atoms with Crippen molar-refractivity contribution >= 4 is 28.1 Å². The van der Waals surface area contributed by atoms with Crippen LogP contribution in [-0.2, 0) is 0 Å². The van der Waals surface area contributed by atoms with Gasteiger partial charge in [-0.1, -0.05) is 6.92 Å². The third-order valence-electron chi connectivity index (χ3n) is 3.54. The van der Waals surface area contributed by atoms with E-state index in [2.05, 4.69) is 26.5 Å². The molecule has 0 aliphatic rings. The lowest BCUT2D eigenvalue weighted by molar-refractivity contribution is 0.0954. The summed E-state index contributed by atoms with van der Waals surface area (Å²) < 4.78 is 16.4. The van der Waals surface area contributed by atoms with Crippen molar-refractivity contribution < 1.29 is 24.1 Å². The second-order valence-corrected chi connectivity index (χ2v) is 6.32. The van der Waals surface area contributed by atoms with Crippen LogP contribution in [0, 0.1) is 0 Å². The van der Waals surface area contributed by atoms with E-state index in [0.29, 0.717) is 39.5 Å². The van der Waals surface area contributed by atoms with Gasteiger partial charge in [-0.2, -0.15) is 5.10 Å². The molecule has 0 atom stereocenters. The fourth-order valence-electron chi connectivity index (χ4n) is 2.19. The lowest BCUT2D eigenvalue weighted by Gasteiger charge is -2.11. The number of ether oxygens (including phenoxy) is 3. The SMILES string of the molecule is CCCOc1ccc(C(=O)N/N=C/c2cc(Br)c(O)c(OC)c2)cc1OC. The number of nitrogens with zero attached hydrogens (tertiary/aromatic N) is 1. The van der Waals surface area contributed by atoms with Gasteiger partial charge in [0.25, 0.3) is 5.91 Å². The largest absolute Gasteiger partial charge is 0.503 e. The van der Waals surface area contributed by atoms with Crippen LogP contribution in [0.4, 0.5) is 0 Å². The molecular formula is C19H21BrN2O5. The van der Waals surface area contributed by atoms with Crippen LogP contribution in [-0.4, -0.2) is 38.1 Å². The highest BCUT2D eigenvalue weighted by Crippen LogP contribution is 2.34. The van der Waals surface area contributed by atoms with Crippen LogP contribution in [0.2, 0.25) is 0 Å². The highest BCUT2D eigenvalue weighted by molar-refractivity contribution is 9.10. The number of hydrogen-bond donors (Lipinski definition) is 2. The third kappa shape index (κ3) is 5.37. The molecule has 0 saturated heterocycles. The Bertz CT molecular complexity index is 839. The van der Waals surface area contributed by atoms with Gasteiger partial charge in [0.2, 0.25) is 0 Å². The molecule has 2 aromatic rings. The van der Waals surface area contributed by atoms with Crippen LogP contribution < -0.4 is 19.6 Å². The number of rotatable bonds is 8. The Morgan fingerprint density at radius 1 is 1.19 bits per heavy atom. The molecule has 144 valence electrons. The Morgan fingerprint density at radius 3 is 2.59 bits per heavy atom. The lowest BCUT2D eigenvalue weighted by atomic mass is 10.2. The summed E-state index contributed by atoms with van der Waals surface area (Å²) in [4.78, 5) is 12.3. The molecule has 0 heterocycles. The van der Waals surface area contributed by atoms with Gasteiger partial charge in [-0.3, -0.25) is 4.79 Å². The zero-order valence-corrected chi connectivity index (χ0v) is 16.9. The Kier molecular flexibility index (Phi) is 7.48. The van der Waals surface area contributed by atoms with Crippen molar-refractivity contribution in [1.29, 1.82) is 0 Å². The van der Waals surface area contributed by atoms with Gasteiger partial charge in [0, 0.05) is 5.56 Å². The van der Waals surface area contributed by atoms with Crippen molar-refractivity contribution in [3.63, 3.8) is 0 Å². The van der Waals surface area contributed by atoms with Crippen LogP contribution in [0.15, 0.2) is 39.9 Å². The summed E-state index contributed by atoms with van der Waals surface area (Å²) in [6.07, 6.45) is 2.32. The molecule has 0 radical (unpaired) electrons. The molecule has 0 aliphatic carbocycles. The summed E-state index contributed by atoms with van der Waals surface area (Å²) in [5, 5.41) is 13.7. The molecule has 0 saturated carbocycles. The summed E-state index contributed by atoms with van der Waals surface area (Å²) in [5.74, 6) is 0.963. The number of carbonyl (C=O) groups excluding carboxylic acids is 1. The van der Waals surface area contributed by atoms with Crippen molar-refractivity contribution in [2.45, 2.75) is 13.3 Å². The highest BCUT2D eigenvalue weighted by Gasteiger charge is 2.11. The molecule has 0 fully saturated rings. The Balaban J connectivity index is 2.09. The van der Waals surface area contributed by atoms with Crippen LogP contribution in [0.5, 0.6) is 23.0 Å². The Labute approximate surface area is 166 Å². The maximum atomic E-state index is 12.3. The number of benzene rings is 2. The minimum atomic E-state index is -0.392. The van der Waals surface area contributed by atoms with Crippen LogP contribution >= 0.6 is 15.9 Å². The normalized spacial score (nSPS) is 10.7. The number of amides is 1. The summed E-state index contributed by atoms with van der Waals surface area (Å²) >= 11 is 3.23. The molecule has 27 heavy (non-hydrogen) atoms. The van der Waals surface area contributed by atoms with Gasteiger partial charge in [-0.05, 0) is 58.2 Å². The maximum absolute atomic E-state index is 12.3. The number of phenols is 1. The van der Waals surface area contributed by atoms with E-state index >= 15 is 0 Å². The van der Waals surface area contributed by atoms with Crippen LogP contribution in [0.3, 0.4) is 0 Å². The number of carbonyl (C=O) groups is 1. The predicted octanol–water partition coefficient (Wildman–Crippen LogP) is 3.72. The van der Waals surface area contributed by atoms with E-state index in [1.165, 1.54) is 20.4 Å². The highest BCUT2D eigenvalue weighted by atomic mass is 79.9. The quantitative estimate of drug-likeness (QED) is 0.486. The van der Waals surface area contributed by atoms with Crippen molar-refractivity contribution in [3.8, 4) is 23.0 Å². The van der Waals surface area contributed by atoms with E-state index in [9.17, 15) is 9.90 Å². The fourth-order valence-corrected chi connectivity index (χ4v) is 2.65. The van der Waals surface area contributed by atoms with Gasteiger partial charge >= 0.3 is 0 Å². The summed E-state index contributed by atoms with van der Waals surface area (Å²) in [6, 6.07) is 8.17. The molecule has 7 nitrogen and oxygen atoms in total. The zero-order valence-electron chi connectivity index (χ0n) is 15.3. The maximum Gasteiger partial charge on any atom is 0.271 e. The van der Waals surface area contributed by atoms with Gasteiger partial charge in [0.05, 0.1) is 31.5 Å². The van der Waals surface area contributed by atoms with Crippen molar-refractivity contribution in [3.05, 3.63) is 45.9 Å². The Hall–Kier alpha value is -2.74. The lowest BCUT2D eigenvalue weighted by Crippen LogP contribution is -2.17. The molecule has 0 aromatic heterocycles. The molecule has 0 aliphatic heterocycles. The molecule has 2 aromatic carbocycles. The average Bonchev–Trinajstić information content (AvgIpc) is 2.68. The standard InChI is InChI=1S/C19H21BrN2O5/c1-4-7-27-15-6-5-13(10-16(15)25-2)19(24)22-21-11-12-8-14(20)18(23)17(9-12)26-3/h5-6,8-11,23H,4,7H2,1-3H3,(H,22,24)/b21-11+. The number of aromatic hydroxyl groups is 1. The van der Waals surface area contributed by atoms with E-state index in [1.54, 1.807) is 30.3 Å². The van der Waals surface area contributed by atoms with Gasteiger partial charge in [0.1, 0.15) is 0 Å². The summed E-state index contributed by atoms with van der Waals surface area (Å²) in [6.45, 7) is 2.58. The first kappa shape index (κ1) is 20.6. The van der Waals surface area contributed by atoms with Crippen LogP contribution in [0.1, 0.15) is 29.3 Å². The summed E-state index contributed by atoms with van der Waals surface area (Å²) in [5.41, 5.74) is 3.47. The Morgan fingerprint density at radius 2 is 1.93 bits per heavy atom. The average molecular weight is 437 g/mol. The van der Waals surface area contributed by atoms with Crippen molar-refractivity contribution in [1.82, 2.24) is 5.43 Å². The molecular weight excluding hydrogens is 416 g/mol. The van der Waals surface area contributed by atoms with Crippen molar-refractivity contribution in [2.75, 3.05) is 20.8 Å². The molecule has 0 unspecified atom stereocenters. The van der Waals surface area contributed by atoms with E-state index in [4.69, 9.17) is 14.2 Å². The molecule has 2 N–H and O–H groups in total. The van der Waals surface area contributed by atoms with Gasteiger partial charge in [0.15, 0.2) is 23.0 Å². The zero-order chi connectivity index (χ0) is 19.8. The van der Waals surface area contributed by atoms with Gasteiger partial charge in [-0.25, -0.2) is 5.43 Å². The van der Waals surface area contributed by atoms with E-state index in [-0.39, 0.29) is 5.75 Å². The van der Waals surface area contributed by atoms with Crippen molar-refractivity contribution in [2.24, 2.45) is 5.10 Å². The van der Waals surface area contributed by atoms with Gasteiger partial charge in [-0.15, -0.1) is 0 Å². The van der Waals surface area contributed by atoms with E-state index in [0.717, 1.165) is 6.42 Å². The molecule has 0 bridgehead atoms. The second-order valence-electron chi connectivity index (χ2n) is 5.47. The first-order valence-electron chi connectivity index (χ1n) is 8.20. The van der Waals surface area contributed by atoms with E-state index in [1.807, 2.05) is 6.92 Å². The minimum absolute atomic E-state index is 0.00355.